The van der Waals surface area contributed by atoms with Crippen molar-refractivity contribution in [3.63, 3.8) is 0 Å². The number of ether oxygens (including phenoxy) is 1. The number of amides is 1. The van der Waals surface area contributed by atoms with Crippen LogP contribution in [0.2, 0.25) is 0 Å². The zero-order valence-corrected chi connectivity index (χ0v) is 17.4. The molecule has 1 amide bonds. The molecule has 2 heterocycles. The highest BCUT2D eigenvalue weighted by atomic mass is 16.5. The van der Waals surface area contributed by atoms with E-state index in [9.17, 15) is 4.79 Å². The largest absolute Gasteiger partial charge is 0.373 e. The Morgan fingerprint density at radius 3 is 1.96 bits per heavy atom. The Morgan fingerprint density at radius 2 is 1.48 bits per heavy atom. The summed E-state index contributed by atoms with van der Waals surface area (Å²) >= 11 is 0. The van der Waals surface area contributed by atoms with E-state index in [0.29, 0.717) is 18.4 Å². The summed E-state index contributed by atoms with van der Waals surface area (Å²) in [5, 5.41) is 0. The average Bonchev–Trinajstić information content (AvgIpc) is 2.47. The molecular formula is C21H40N2O2. The van der Waals surface area contributed by atoms with Gasteiger partial charge in [0.15, 0.2) is 0 Å². The molecule has 2 aliphatic heterocycles. The van der Waals surface area contributed by atoms with E-state index in [-0.39, 0.29) is 11.0 Å². The molecule has 2 rings (SSSR count). The van der Waals surface area contributed by atoms with Gasteiger partial charge in [-0.1, -0.05) is 20.8 Å². The van der Waals surface area contributed by atoms with E-state index in [1.807, 2.05) is 0 Å². The van der Waals surface area contributed by atoms with E-state index in [1.54, 1.807) is 0 Å². The summed E-state index contributed by atoms with van der Waals surface area (Å²) in [4.78, 5) is 17.1. The van der Waals surface area contributed by atoms with Crippen LogP contribution in [-0.4, -0.2) is 60.1 Å². The van der Waals surface area contributed by atoms with Gasteiger partial charge in [-0.25, -0.2) is 0 Å². The van der Waals surface area contributed by atoms with Crippen LogP contribution in [-0.2, 0) is 9.53 Å². The lowest BCUT2D eigenvalue weighted by Crippen LogP contribution is -2.45. The minimum atomic E-state index is -0.0285. The van der Waals surface area contributed by atoms with E-state index in [2.05, 4.69) is 51.3 Å². The molecule has 0 aliphatic carbocycles. The maximum atomic E-state index is 12.4. The van der Waals surface area contributed by atoms with Gasteiger partial charge >= 0.3 is 0 Å². The summed E-state index contributed by atoms with van der Waals surface area (Å²) in [6.45, 7) is 18.3. The molecule has 0 unspecified atom stereocenters. The Morgan fingerprint density at radius 1 is 0.920 bits per heavy atom. The first-order valence-corrected chi connectivity index (χ1v) is 10.2. The summed E-state index contributed by atoms with van der Waals surface area (Å²) in [6, 6.07) is 0. The fourth-order valence-electron chi connectivity index (χ4n) is 4.01. The van der Waals surface area contributed by atoms with Gasteiger partial charge in [0.25, 0.3) is 0 Å². The summed E-state index contributed by atoms with van der Waals surface area (Å²) < 4.78 is 6.13. The molecule has 25 heavy (non-hydrogen) atoms. The second-order valence-corrected chi connectivity index (χ2v) is 10.3. The minimum absolute atomic E-state index is 0.0285. The molecule has 4 heteroatoms. The molecular weight excluding hydrogens is 312 g/mol. The second kappa shape index (κ2) is 8.39. The van der Waals surface area contributed by atoms with E-state index in [4.69, 9.17) is 4.74 Å². The first-order valence-electron chi connectivity index (χ1n) is 10.2. The van der Waals surface area contributed by atoms with Gasteiger partial charge in [0, 0.05) is 39.1 Å². The van der Waals surface area contributed by atoms with E-state index in [1.165, 1.54) is 6.54 Å². The van der Waals surface area contributed by atoms with Crippen molar-refractivity contribution in [3.8, 4) is 0 Å². The molecule has 146 valence electrons. The predicted octanol–water partition coefficient (Wildman–Crippen LogP) is 3.94. The molecule has 0 saturated carbocycles. The first kappa shape index (κ1) is 20.7. The van der Waals surface area contributed by atoms with Crippen LogP contribution in [0.3, 0.4) is 0 Å². The molecule has 0 bridgehead atoms. The Labute approximate surface area is 155 Å². The third kappa shape index (κ3) is 7.65. The fraction of sp³-hybridized carbons (Fsp3) is 0.952. The van der Waals surface area contributed by atoms with Crippen LogP contribution in [0, 0.1) is 11.3 Å². The van der Waals surface area contributed by atoms with Gasteiger partial charge in [-0.3, -0.25) is 4.79 Å². The third-order valence-corrected chi connectivity index (χ3v) is 5.22. The van der Waals surface area contributed by atoms with Crippen molar-refractivity contribution in [1.82, 2.24) is 9.80 Å². The average molecular weight is 353 g/mol. The topological polar surface area (TPSA) is 32.8 Å². The standard InChI is InChI=1S/C21H40N2O2/c1-20(2,3)15-19(24)23-13-7-17(8-14-23)16-22-11-9-18(10-12-22)25-21(4,5)6/h17-18H,7-16H2,1-6H3. The highest BCUT2D eigenvalue weighted by Gasteiger charge is 2.29. The lowest BCUT2D eigenvalue weighted by molar-refractivity contribution is -0.134. The van der Waals surface area contributed by atoms with Gasteiger partial charge in [-0.05, 0) is 57.8 Å². The van der Waals surface area contributed by atoms with Crippen molar-refractivity contribution in [2.45, 2.75) is 85.4 Å². The van der Waals surface area contributed by atoms with Gasteiger partial charge in [0.1, 0.15) is 0 Å². The van der Waals surface area contributed by atoms with E-state index < -0.39 is 0 Å². The van der Waals surface area contributed by atoms with Crippen molar-refractivity contribution in [2.75, 3.05) is 32.7 Å². The Hall–Kier alpha value is -0.610. The van der Waals surface area contributed by atoms with Crippen molar-refractivity contribution in [3.05, 3.63) is 0 Å². The molecule has 0 N–H and O–H groups in total. The Bertz CT molecular complexity index is 420. The van der Waals surface area contributed by atoms with Crippen LogP contribution < -0.4 is 0 Å². The van der Waals surface area contributed by atoms with Gasteiger partial charge in [0.05, 0.1) is 11.7 Å². The van der Waals surface area contributed by atoms with Crippen LogP contribution in [0.5, 0.6) is 0 Å². The van der Waals surface area contributed by atoms with Crippen LogP contribution in [0.1, 0.15) is 73.6 Å². The summed E-state index contributed by atoms with van der Waals surface area (Å²) in [6.07, 6.45) is 5.72. The molecule has 2 saturated heterocycles. The molecule has 2 aliphatic rings. The molecule has 0 atom stereocenters. The first-order chi connectivity index (χ1) is 11.5. The molecule has 4 nitrogen and oxygen atoms in total. The molecule has 0 spiro atoms. The fourth-order valence-corrected chi connectivity index (χ4v) is 4.01. The second-order valence-electron chi connectivity index (χ2n) is 10.3. The zero-order valence-electron chi connectivity index (χ0n) is 17.4. The summed E-state index contributed by atoms with van der Waals surface area (Å²) in [7, 11) is 0. The number of likely N-dealkylation sites (tertiary alicyclic amines) is 2. The highest BCUT2D eigenvalue weighted by molar-refractivity contribution is 5.76. The smallest absolute Gasteiger partial charge is 0.223 e. The normalized spacial score (nSPS) is 22.4. The molecule has 0 radical (unpaired) electrons. The number of nitrogens with zero attached hydrogens (tertiary/aromatic N) is 2. The zero-order chi connectivity index (χ0) is 18.7. The highest BCUT2D eigenvalue weighted by Crippen LogP contribution is 2.25. The van der Waals surface area contributed by atoms with Crippen molar-refractivity contribution in [2.24, 2.45) is 11.3 Å². The SMILES string of the molecule is CC(C)(C)CC(=O)N1CCC(CN2CCC(OC(C)(C)C)CC2)CC1. The van der Waals surface area contributed by atoms with Gasteiger partial charge < -0.3 is 14.5 Å². The van der Waals surface area contributed by atoms with Crippen LogP contribution >= 0.6 is 0 Å². The maximum Gasteiger partial charge on any atom is 0.223 e. The van der Waals surface area contributed by atoms with Gasteiger partial charge in [-0.15, -0.1) is 0 Å². The van der Waals surface area contributed by atoms with Crippen molar-refractivity contribution in [1.29, 1.82) is 0 Å². The lowest BCUT2D eigenvalue weighted by atomic mass is 9.90. The molecule has 0 aromatic heterocycles. The molecule has 0 aromatic rings. The van der Waals surface area contributed by atoms with Crippen LogP contribution in [0.4, 0.5) is 0 Å². The van der Waals surface area contributed by atoms with Crippen molar-refractivity contribution < 1.29 is 9.53 Å². The molecule has 2 fully saturated rings. The number of hydrogen-bond donors (Lipinski definition) is 0. The predicted molar refractivity (Wildman–Crippen MR) is 104 cm³/mol. The monoisotopic (exact) mass is 352 g/mol. The summed E-state index contributed by atoms with van der Waals surface area (Å²) in [5.74, 6) is 1.09. The van der Waals surface area contributed by atoms with Crippen molar-refractivity contribution >= 4 is 5.91 Å². The number of hydrogen-bond acceptors (Lipinski definition) is 3. The third-order valence-electron chi connectivity index (χ3n) is 5.22. The van der Waals surface area contributed by atoms with Crippen LogP contribution in [0.15, 0.2) is 0 Å². The summed E-state index contributed by atoms with van der Waals surface area (Å²) in [5.41, 5.74) is 0.0622. The van der Waals surface area contributed by atoms with Crippen LogP contribution in [0.25, 0.3) is 0 Å². The van der Waals surface area contributed by atoms with E-state index >= 15 is 0 Å². The molecule has 0 aromatic carbocycles. The Kier molecular flexibility index (Phi) is 6.94. The number of carbonyl (C=O) groups excluding carboxylic acids is 1. The number of rotatable bonds is 4. The maximum absolute atomic E-state index is 12.4. The number of carbonyl (C=O) groups is 1. The van der Waals surface area contributed by atoms with Gasteiger partial charge in [0.2, 0.25) is 5.91 Å². The number of piperidine rings is 2. The Balaban J connectivity index is 1.67. The van der Waals surface area contributed by atoms with E-state index in [0.717, 1.165) is 57.8 Å². The quantitative estimate of drug-likeness (QED) is 0.768. The lowest BCUT2D eigenvalue weighted by Gasteiger charge is -2.39. The van der Waals surface area contributed by atoms with Gasteiger partial charge in [-0.2, -0.15) is 0 Å². The minimum Gasteiger partial charge on any atom is -0.373 e.